The maximum absolute atomic E-state index is 12.3. The topological polar surface area (TPSA) is 58.4 Å². The van der Waals surface area contributed by atoms with Gasteiger partial charge in [-0.2, -0.15) is 0 Å². The molecule has 1 fully saturated rings. The Bertz CT molecular complexity index is 769. The summed E-state index contributed by atoms with van der Waals surface area (Å²) in [6.45, 7) is 3.80. The molecule has 0 saturated carbocycles. The molecule has 7 heteroatoms. The van der Waals surface area contributed by atoms with E-state index >= 15 is 0 Å². The van der Waals surface area contributed by atoms with E-state index in [4.69, 9.17) is 11.6 Å². The van der Waals surface area contributed by atoms with Crippen molar-refractivity contribution < 1.29 is 4.79 Å². The van der Waals surface area contributed by atoms with Gasteiger partial charge < -0.3 is 4.90 Å². The normalized spacial score (nSPS) is 15.5. The average Bonchev–Trinajstić information content (AvgIpc) is 2.57. The molecule has 6 nitrogen and oxygen atoms in total. The molecule has 0 radical (unpaired) electrons. The van der Waals surface area contributed by atoms with Crippen molar-refractivity contribution in [3.63, 3.8) is 0 Å². The van der Waals surface area contributed by atoms with Crippen LogP contribution in [0.4, 0.5) is 0 Å². The van der Waals surface area contributed by atoms with E-state index < -0.39 is 5.69 Å². The predicted octanol–water partition coefficient (Wildman–Crippen LogP) is 1.24. The van der Waals surface area contributed by atoms with Crippen LogP contribution < -0.4 is 5.69 Å². The molecule has 1 aliphatic rings. The fourth-order valence-corrected chi connectivity index (χ4v) is 3.01. The summed E-state index contributed by atoms with van der Waals surface area (Å²) in [6.07, 6.45) is 3.01. The first-order valence-electron chi connectivity index (χ1n) is 7.88. The molecular formula is C17H19ClN4O2. The number of hydrogen-bond acceptors (Lipinski definition) is 4. The lowest BCUT2D eigenvalue weighted by Gasteiger charge is -2.34. The minimum Gasteiger partial charge on any atom is -0.339 e. The summed E-state index contributed by atoms with van der Waals surface area (Å²) in [6, 6.07) is 9.48. The molecule has 0 spiro atoms. The van der Waals surface area contributed by atoms with Gasteiger partial charge in [0.05, 0.1) is 0 Å². The summed E-state index contributed by atoms with van der Waals surface area (Å²) < 4.78 is 1.33. The second-order valence-electron chi connectivity index (χ2n) is 5.82. The average molecular weight is 347 g/mol. The summed E-state index contributed by atoms with van der Waals surface area (Å²) in [5, 5.41) is 0.739. The van der Waals surface area contributed by atoms with E-state index in [-0.39, 0.29) is 12.5 Å². The number of carbonyl (C=O) groups excluding carboxylic acids is 1. The van der Waals surface area contributed by atoms with Crippen LogP contribution in [0.3, 0.4) is 0 Å². The van der Waals surface area contributed by atoms with Gasteiger partial charge in [-0.15, -0.1) is 0 Å². The van der Waals surface area contributed by atoms with Gasteiger partial charge in [-0.05, 0) is 23.8 Å². The van der Waals surface area contributed by atoms with Gasteiger partial charge in [-0.1, -0.05) is 23.7 Å². The molecule has 24 heavy (non-hydrogen) atoms. The zero-order valence-corrected chi connectivity index (χ0v) is 14.0. The molecule has 0 bridgehead atoms. The Morgan fingerprint density at radius 2 is 1.96 bits per heavy atom. The highest BCUT2D eigenvalue weighted by molar-refractivity contribution is 6.30. The summed E-state index contributed by atoms with van der Waals surface area (Å²) in [7, 11) is 0. The second-order valence-corrected chi connectivity index (χ2v) is 6.25. The number of nitrogens with zero attached hydrogens (tertiary/aromatic N) is 4. The summed E-state index contributed by atoms with van der Waals surface area (Å²) >= 11 is 6.01. The molecular weight excluding hydrogens is 328 g/mol. The van der Waals surface area contributed by atoms with E-state index in [9.17, 15) is 9.59 Å². The molecule has 1 amide bonds. The quantitative estimate of drug-likeness (QED) is 0.836. The number of benzene rings is 1. The van der Waals surface area contributed by atoms with Crippen LogP contribution in [0.25, 0.3) is 0 Å². The van der Waals surface area contributed by atoms with Gasteiger partial charge in [-0.3, -0.25) is 14.3 Å². The van der Waals surface area contributed by atoms with Gasteiger partial charge >= 0.3 is 5.69 Å². The maximum atomic E-state index is 12.3. The third kappa shape index (κ3) is 4.21. The third-order valence-corrected chi connectivity index (χ3v) is 4.34. The van der Waals surface area contributed by atoms with Gasteiger partial charge in [0.2, 0.25) is 5.91 Å². The van der Waals surface area contributed by atoms with E-state index in [1.807, 2.05) is 18.2 Å². The molecule has 1 aromatic heterocycles. The van der Waals surface area contributed by atoms with Gasteiger partial charge in [0.25, 0.3) is 0 Å². The van der Waals surface area contributed by atoms with Crippen LogP contribution in [0.2, 0.25) is 5.02 Å². The number of hydrogen-bond donors (Lipinski definition) is 0. The Morgan fingerprint density at radius 1 is 1.17 bits per heavy atom. The van der Waals surface area contributed by atoms with Crippen molar-refractivity contribution in [2.75, 3.05) is 26.2 Å². The Morgan fingerprint density at radius 3 is 2.67 bits per heavy atom. The van der Waals surface area contributed by atoms with Crippen molar-refractivity contribution in [1.29, 1.82) is 0 Å². The van der Waals surface area contributed by atoms with E-state index in [1.54, 1.807) is 17.2 Å². The zero-order chi connectivity index (χ0) is 16.9. The van der Waals surface area contributed by atoms with Crippen LogP contribution >= 0.6 is 11.6 Å². The van der Waals surface area contributed by atoms with Gasteiger partial charge in [-0.25, -0.2) is 9.78 Å². The number of aromatic nitrogens is 2. The van der Waals surface area contributed by atoms with Crippen LogP contribution in [0, 0.1) is 0 Å². The maximum Gasteiger partial charge on any atom is 0.347 e. The van der Waals surface area contributed by atoms with E-state index in [1.165, 1.54) is 16.3 Å². The molecule has 0 atom stereocenters. The molecule has 2 aromatic rings. The SMILES string of the molecule is O=C(Cn1cccnc1=O)N1CCN(Cc2cccc(Cl)c2)CC1. The molecule has 126 valence electrons. The fraction of sp³-hybridized carbons (Fsp3) is 0.353. The second kappa shape index (κ2) is 7.59. The van der Waals surface area contributed by atoms with Crippen molar-refractivity contribution in [2.45, 2.75) is 13.1 Å². The Kier molecular flexibility index (Phi) is 5.27. The lowest BCUT2D eigenvalue weighted by atomic mass is 10.2. The largest absolute Gasteiger partial charge is 0.347 e. The first-order valence-corrected chi connectivity index (χ1v) is 8.25. The Hall–Kier alpha value is -2.18. The molecule has 1 saturated heterocycles. The summed E-state index contributed by atoms with van der Waals surface area (Å²) in [5.41, 5.74) is 0.773. The van der Waals surface area contributed by atoms with Crippen molar-refractivity contribution in [2.24, 2.45) is 0 Å². The lowest BCUT2D eigenvalue weighted by molar-refractivity contribution is -0.133. The minimum absolute atomic E-state index is 0.0426. The van der Waals surface area contributed by atoms with Crippen LogP contribution in [0.5, 0.6) is 0 Å². The van der Waals surface area contributed by atoms with Crippen LogP contribution in [-0.4, -0.2) is 51.4 Å². The number of piperazine rings is 1. The van der Waals surface area contributed by atoms with E-state index in [2.05, 4.69) is 16.0 Å². The van der Waals surface area contributed by atoms with Crippen molar-refractivity contribution in [3.8, 4) is 0 Å². The smallest absolute Gasteiger partial charge is 0.339 e. The summed E-state index contributed by atoms with van der Waals surface area (Å²) in [4.78, 5) is 31.7. The highest BCUT2D eigenvalue weighted by Crippen LogP contribution is 2.14. The molecule has 0 N–H and O–H groups in total. The van der Waals surface area contributed by atoms with Gasteiger partial charge in [0.1, 0.15) is 6.54 Å². The highest BCUT2D eigenvalue weighted by atomic mass is 35.5. The fourth-order valence-electron chi connectivity index (χ4n) is 2.80. The van der Waals surface area contributed by atoms with E-state index in [0.29, 0.717) is 13.1 Å². The third-order valence-electron chi connectivity index (χ3n) is 4.11. The first-order chi connectivity index (χ1) is 11.6. The molecule has 1 aromatic carbocycles. The summed E-state index contributed by atoms with van der Waals surface area (Å²) in [5.74, 6) is -0.0486. The van der Waals surface area contributed by atoms with Crippen molar-refractivity contribution in [3.05, 3.63) is 63.8 Å². The zero-order valence-electron chi connectivity index (χ0n) is 13.3. The van der Waals surface area contributed by atoms with E-state index in [0.717, 1.165) is 24.7 Å². The number of amides is 1. The minimum atomic E-state index is -0.398. The molecule has 0 unspecified atom stereocenters. The number of carbonyl (C=O) groups is 1. The van der Waals surface area contributed by atoms with Crippen molar-refractivity contribution >= 4 is 17.5 Å². The molecule has 3 rings (SSSR count). The first kappa shape index (κ1) is 16.7. The number of halogens is 1. The standard InChI is InChI=1S/C17H19ClN4O2/c18-15-4-1-3-14(11-15)12-20-7-9-21(10-8-20)16(23)13-22-6-2-5-19-17(22)24/h1-6,11H,7-10,12-13H2. The predicted molar refractivity (Wildman–Crippen MR) is 91.8 cm³/mol. The monoisotopic (exact) mass is 346 g/mol. The van der Waals surface area contributed by atoms with Crippen LogP contribution in [0.1, 0.15) is 5.56 Å². The molecule has 1 aliphatic heterocycles. The van der Waals surface area contributed by atoms with Crippen LogP contribution in [0.15, 0.2) is 47.5 Å². The molecule has 2 heterocycles. The highest BCUT2D eigenvalue weighted by Gasteiger charge is 2.21. The van der Waals surface area contributed by atoms with Crippen LogP contribution in [-0.2, 0) is 17.9 Å². The van der Waals surface area contributed by atoms with Gasteiger partial charge in [0, 0.05) is 50.1 Å². The number of rotatable bonds is 4. The van der Waals surface area contributed by atoms with Gasteiger partial charge in [0.15, 0.2) is 0 Å². The lowest BCUT2D eigenvalue weighted by Crippen LogP contribution is -2.49. The Balaban J connectivity index is 1.52. The molecule has 0 aliphatic carbocycles. The Labute approximate surface area is 145 Å². The van der Waals surface area contributed by atoms with Crippen molar-refractivity contribution in [1.82, 2.24) is 19.4 Å².